The van der Waals surface area contributed by atoms with Crippen LogP contribution in [0.3, 0.4) is 0 Å². The van der Waals surface area contributed by atoms with Gasteiger partial charge in [-0.25, -0.2) is 0 Å². The molecule has 102 valence electrons. The molecular formula is C13H23N3O2. The molecule has 0 unspecified atom stereocenters. The van der Waals surface area contributed by atoms with E-state index in [1.165, 1.54) is 0 Å². The van der Waals surface area contributed by atoms with Crippen molar-refractivity contribution in [3.05, 3.63) is 11.8 Å². The van der Waals surface area contributed by atoms with E-state index >= 15 is 0 Å². The van der Waals surface area contributed by atoms with Crippen molar-refractivity contribution in [3.63, 3.8) is 0 Å². The molecule has 1 N–H and O–H groups in total. The highest BCUT2D eigenvalue weighted by Crippen LogP contribution is 2.28. The third kappa shape index (κ3) is 3.29. The second-order valence-corrected chi connectivity index (χ2v) is 6.44. The van der Waals surface area contributed by atoms with Crippen molar-refractivity contribution in [2.75, 3.05) is 13.6 Å². The lowest BCUT2D eigenvalue weighted by molar-refractivity contribution is 0.0263. The van der Waals surface area contributed by atoms with Gasteiger partial charge < -0.3 is 9.52 Å². The quantitative estimate of drug-likeness (QED) is 0.882. The number of aromatic nitrogens is 2. The summed E-state index contributed by atoms with van der Waals surface area (Å²) in [5.74, 6) is 1.96. The fourth-order valence-corrected chi connectivity index (χ4v) is 2.21. The minimum Gasteiger partial charge on any atom is -0.423 e. The molecule has 0 bridgehead atoms. The molecule has 1 heterocycles. The lowest BCUT2D eigenvalue weighted by Gasteiger charge is -2.34. The first-order valence-corrected chi connectivity index (χ1v) is 6.54. The van der Waals surface area contributed by atoms with Crippen LogP contribution in [0.15, 0.2) is 4.42 Å². The Morgan fingerprint density at radius 3 is 2.50 bits per heavy atom. The van der Waals surface area contributed by atoms with Crippen molar-refractivity contribution >= 4 is 0 Å². The second kappa shape index (κ2) is 4.97. The summed E-state index contributed by atoms with van der Waals surface area (Å²) in [6.07, 6.45) is 1.75. The van der Waals surface area contributed by atoms with Crippen molar-refractivity contribution < 1.29 is 9.52 Å². The molecule has 1 fully saturated rings. The van der Waals surface area contributed by atoms with Gasteiger partial charge in [0.25, 0.3) is 0 Å². The number of aliphatic hydroxyl groups excluding tert-OH is 1. The summed E-state index contributed by atoms with van der Waals surface area (Å²) in [7, 11) is 2.05. The topological polar surface area (TPSA) is 62.4 Å². The van der Waals surface area contributed by atoms with Crippen molar-refractivity contribution in [3.8, 4) is 0 Å². The van der Waals surface area contributed by atoms with Gasteiger partial charge in [0, 0.05) is 12.0 Å². The summed E-state index contributed by atoms with van der Waals surface area (Å²) in [5.41, 5.74) is -0.0953. The van der Waals surface area contributed by atoms with Gasteiger partial charge in [0.1, 0.15) is 0 Å². The normalized spacial score (nSPS) is 24.3. The highest BCUT2D eigenvalue weighted by molar-refractivity contribution is 4.96. The number of rotatable bonds is 4. The zero-order valence-electron chi connectivity index (χ0n) is 11.7. The second-order valence-electron chi connectivity index (χ2n) is 6.44. The molecule has 0 amide bonds. The summed E-state index contributed by atoms with van der Waals surface area (Å²) in [5, 5.41) is 17.4. The van der Waals surface area contributed by atoms with Crippen molar-refractivity contribution in [1.82, 2.24) is 15.1 Å². The van der Waals surface area contributed by atoms with E-state index in [0.29, 0.717) is 24.2 Å². The SMILES string of the molecule is CN(Cc1nnc(C(C)(C)C)o1)CC1CC(O)C1. The minimum absolute atomic E-state index is 0.0840. The van der Waals surface area contributed by atoms with E-state index in [1.807, 2.05) is 7.05 Å². The number of nitrogens with zero attached hydrogens (tertiary/aromatic N) is 3. The molecule has 2 rings (SSSR count). The van der Waals surface area contributed by atoms with Gasteiger partial charge in [-0.1, -0.05) is 20.8 Å². The maximum atomic E-state index is 9.25. The molecule has 1 aliphatic carbocycles. The molecular weight excluding hydrogens is 230 g/mol. The lowest BCUT2D eigenvalue weighted by atomic mass is 9.82. The Labute approximate surface area is 108 Å². The summed E-state index contributed by atoms with van der Waals surface area (Å²) >= 11 is 0. The van der Waals surface area contributed by atoms with Gasteiger partial charge in [0.2, 0.25) is 11.8 Å². The van der Waals surface area contributed by atoms with Crippen LogP contribution in [0.5, 0.6) is 0 Å². The van der Waals surface area contributed by atoms with E-state index < -0.39 is 0 Å². The molecule has 1 aromatic rings. The largest absolute Gasteiger partial charge is 0.423 e. The average molecular weight is 253 g/mol. The molecule has 0 saturated heterocycles. The maximum absolute atomic E-state index is 9.25. The van der Waals surface area contributed by atoms with Crippen LogP contribution in [0.2, 0.25) is 0 Å². The van der Waals surface area contributed by atoms with Crippen LogP contribution in [-0.4, -0.2) is 39.9 Å². The molecule has 1 saturated carbocycles. The highest BCUT2D eigenvalue weighted by Gasteiger charge is 2.28. The van der Waals surface area contributed by atoms with Gasteiger partial charge in [0.15, 0.2) is 0 Å². The Kier molecular flexibility index (Phi) is 3.73. The number of hydrogen-bond acceptors (Lipinski definition) is 5. The minimum atomic E-state index is -0.0953. The average Bonchev–Trinajstić information content (AvgIpc) is 2.63. The Balaban J connectivity index is 1.83. The maximum Gasteiger partial charge on any atom is 0.230 e. The molecule has 0 atom stereocenters. The van der Waals surface area contributed by atoms with Gasteiger partial charge >= 0.3 is 0 Å². The highest BCUT2D eigenvalue weighted by atomic mass is 16.4. The summed E-state index contributed by atoms with van der Waals surface area (Å²) in [4.78, 5) is 2.18. The van der Waals surface area contributed by atoms with Crippen LogP contribution in [0.25, 0.3) is 0 Å². The molecule has 5 nitrogen and oxygen atoms in total. The van der Waals surface area contributed by atoms with Crippen LogP contribution in [0.1, 0.15) is 45.4 Å². The molecule has 0 aromatic carbocycles. The third-order valence-corrected chi connectivity index (χ3v) is 3.29. The summed E-state index contributed by atoms with van der Waals surface area (Å²) in [6, 6.07) is 0. The van der Waals surface area contributed by atoms with E-state index in [0.717, 1.165) is 19.4 Å². The van der Waals surface area contributed by atoms with Crippen LogP contribution in [0.4, 0.5) is 0 Å². The lowest BCUT2D eigenvalue weighted by Crippen LogP contribution is -2.36. The van der Waals surface area contributed by atoms with Gasteiger partial charge in [-0.15, -0.1) is 10.2 Å². The van der Waals surface area contributed by atoms with Crippen LogP contribution >= 0.6 is 0 Å². The molecule has 1 aromatic heterocycles. The van der Waals surface area contributed by atoms with E-state index in [9.17, 15) is 5.11 Å². The monoisotopic (exact) mass is 253 g/mol. The fourth-order valence-electron chi connectivity index (χ4n) is 2.21. The van der Waals surface area contributed by atoms with Gasteiger partial charge in [-0.2, -0.15) is 0 Å². The Hall–Kier alpha value is -0.940. The first-order valence-electron chi connectivity index (χ1n) is 6.54. The van der Waals surface area contributed by atoms with Crippen LogP contribution < -0.4 is 0 Å². The Morgan fingerprint density at radius 2 is 2.00 bits per heavy atom. The Morgan fingerprint density at radius 1 is 1.33 bits per heavy atom. The summed E-state index contributed by atoms with van der Waals surface area (Å²) < 4.78 is 5.66. The van der Waals surface area contributed by atoms with Gasteiger partial charge in [-0.05, 0) is 25.8 Å². The van der Waals surface area contributed by atoms with E-state index in [1.54, 1.807) is 0 Å². The molecule has 1 aliphatic rings. The van der Waals surface area contributed by atoms with Gasteiger partial charge in [-0.3, -0.25) is 4.90 Å². The third-order valence-electron chi connectivity index (χ3n) is 3.29. The molecule has 0 aliphatic heterocycles. The van der Waals surface area contributed by atoms with Crippen LogP contribution in [-0.2, 0) is 12.0 Å². The van der Waals surface area contributed by atoms with Crippen LogP contribution in [0, 0.1) is 5.92 Å². The first kappa shape index (κ1) is 13.5. The first-order chi connectivity index (χ1) is 8.34. The molecule has 5 heteroatoms. The fraction of sp³-hybridized carbons (Fsp3) is 0.846. The molecule has 18 heavy (non-hydrogen) atoms. The predicted molar refractivity (Wildman–Crippen MR) is 68.1 cm³/mol. The smallest absolute Gasteiger partial charge is 0.230 e. The van der Waals surface area contributed by atoms with Gasteiger partial charge in [0.05, 0.1) is 12.6 Å². The summed E-state index contributed by atoms with van der Waals surface area (Å²) in [6.45, 7) is 7.83. The molecule has 0 spiro atoms. The number of aliphatic hydroxyl groups is 1. The van der Waals surface area contributed by atoms with Crippen molar-refractivity contribution in [1.29, 1.82) is 0 Å². The van der Waals surface area contributed by atoms with E-state index in [4.69, 9.17) is 4.42 Å². The zero-order chi connectivity index (χ0) is 13.3. The van der Waals surface area contributed by atoms with Crippen molar-refractivity contribution in [2.45, 2.75) is 51.7 Å². The predicted octanol–water partition coefficient (Wildman–Crippen LogP) is 1.57. The van der Waals surface area contributed by atoms with Crippen molar-refractivity contribution in [2.24, 2.45) is 5.92 Å². The molecule has 0 radical (unpaired) electrons. The van der Waals surface area contributed by atoms with E-state index in [2.05, 4.69) is 35.9 Å². The van der Waals surface area contributed by atoms with E-state index in [-0.39, 0.29) is 11.5 Å². The Bertz CT molecular complexity index is 391. The zero-order valence-corrected chi connectivity index (χ0v) is 11.7. The standard InChI is InChI=1S/C13H23N3O2/c1-13(2,3)12-15-14-11(18-12)8-16(4)7-9-5-10(17)6-9/h9-10,17H,5-8H2,1-4H3. The number of hydrogen-bond donors (Lipinski definition) is 1.